The number of hydrogen-bond acceptors (Lipinski definition) is 10. The predicted molar refractivity (Wildman–Crippen MR) is 99.5 cm³/mol. The molecule has 0 bridgehead atoms. The van der Waals surface area contributed by atoms with Crippen molar-refractivity contribution in [2.45, 2.75) is 10.1 Å². The summed E-state index contributed by atoms with van der Waals surface area (Å²) in [5.74, 6) is -1.40. The fraction of sp³-hybridized carbons (Fsp3) is 0.125. The lowest BCUT2D eigenvalue weighted by molar-refractivity contribution is 0.0690. The van der Waals surface area contributed by atoms with Crippen molar-refractivity contribution in [1.29, 1.82) is 0 Å². The molecule has 1 N–H and O–H groups in total. The van der Waals surface area contributed by atoms with Crippen molar-refractivity contribution in [3.63, 3.8) is 0 Å². The number of aromatic carboxylic acids is 1. The molecule has 0 unspecified atom stereocenters. The summed E-state index contributed by atoms with van der Waals surface area (Å²) in [6.07, 6.45) is 6.37. The van der Waals surface area contributed by atoms with E-state index in [-0.39, 0.29) is 32.4 Å². The largest absolute Gasteiger partial charge is 0.477 e. The molecule has 150 valence electrons. The summed E-state index contributed by atoms with van der Waals surface area (Å²) in [7, 11) is -7.55. The molecule has 29 heavy (non-hydrogen) atoms. The average molecular weight is 435 g/mol. The summed E-state index contributed by atoms with van der Waals surface area (Å²) < 4.78 is 48.2. The molecule has 0 saturated heterocycles. The molecule has 3 aromatic heterocycles. The van der Waals surface area contributed by atoms with E-state index < -0.39 is 31.3 Å². The van der Waals surface area contributed by atoms with Crippen LogP contribution in [0.25, 0.3) is 22.4 Å². The van der Waals surface area contributed by atoms with Gasteiger partial charge in [-0.15, -0.1) is 0 Å². The second kappa shape index (κ2) is 7.25. The van der Waals surface area contributed by atoms with Gasteiger partial charge in [-0.1, -0.05) is 0 Å². The van der Waals surface area contributed by atoms with E-state index >= 15 is 0 Å². The number of carboxylic acid groups (broad SMARTS) is 1. The predicted octanol–water partition coefficient (Wildman–Crippen LogP) is 0.501. The highest BCUT2D eigenvalue weighted by atomic mass is 32.2. The number of nitrogens with zero attached hydrogens (tertiary/aromatic N) is 5. The summed E-state index contributed by atoms with van der Waals surface area (Å²) in [5.41, 5.74) is -0.374. The molecule has 0 atom stereocenters. The topological polar surface area (TPSA) is 170 Å². The van der Waals surface area contributed by atoms with Gasteiger partial charge in [-0.2, -0.15) is 0 Å². The number of aromatic nitrogens is 5. The number of pyridine rings is 1. The van der Waals surface area contributed by atoms with E-state index in [4.69, 9.17) is 0 Å². The lowest BCUT2D eigenvalue weighted by Gasteiger charge is -2.11. The molecule has 0 aliphatic rings. The SMILES string of the molecule is CS(=O)(=O)c1ncncc1-c1cc(C(=O)O)nc(-c2cncnc2S(C)(=O)=O)c1. The molecule has 0 amide bonds. The van der Waals surface area contributed by atoms with Gasteiger partial charge in [0.25, 0.3) is 0 Å². The Bertz CT molecular complexity index is 1250. The van der Waals surface area contributed by atoms with Crippen molar-refractivity contribution in [2.75, 3.05) is 12.5 Å². The van der Waals surface area contributed by atoms with E-state index in [1.54, 1.807) is 0 Å². The van der Waals surface area contributed by atoms with Crippen LogP contribution < -0.4 is 0 Å². The van der Waals surface area contributed by atoms with Gasteiger partial charge in [-0.25, -0.2) is 46.6 Å². The fourth-order valence-corrected chi connectivity index (χ4v) is 4.14. The fourth-order valence-electron chi connectivity index (χ4n) is 2.54. The third-order valence-electron chi connectivity index (χ3n) is 3.69. The van der Waals surface area contributed by atoms with Crippen LogP contribution in [0.1, 0.15) is 10.5 Å². The third-order valence-corrected chi connectivity index (χ3v) is 5.74. The first kappa shape index (κ1) is 20.4. The first-order chi connectivity index (χ1) is 13.5. The molecule has 3 rings (SSSR count). The Kier molecular flexibility index (Phi) is 5.11. The van der Waals surface area contributed by atoms with E-state index in [1.165, 1.54) is 18.5 Å². The van der Waals surface area contributed by atoms with Crippen LogP contribution in [0, 0.1) is 0 Å². The zero-order chi connectivity index (χ0) is 21.4. The minimum absolute atomic E-state index is 0.0305. The van der Waals surface area contributed by atoms with Gasteiger partial charge < -0.3 is 5.11 Å². The van der Waals surface area contributed by atoms with Crippen LogP contribution in [0.5, 0.6) is 0 Å². The Morgan fingerprint density at radius 3 is 1.90 bits per heavy atom. The van der Waals surface area contributed by atoms with Crippen LogP contribution in [0.3, 0.4) is 0 Å². The van der Waals surface area contributed by atoms with Crippen LogP contribution in [-0.4, -0.2) is 65.3 Å². The molecule has 0 spiro atoms. The second-order valence-corrected chi connectivity index (χ2v) is 9.82. The summed E-state index contributed by atoms with van der Waals surface area (Å²) >= 11 is 0. The first-order valence-electron chi connectivity index (χ1n) is 7.74. The number of carboxylic acids is 1. The highest BCUT2D eigenvalue weighted by Crippen LogP contribution is 2.31. The Balaban J connectivity index is 2.36. The van der Waals surface area contributed by atoms with Crippen LogP contribution in [0.4, 0.5) is 0 Å². The molecule has 11 nitrogen and oxygen atoms in total. The summed E-state index contributed by atoms with van der Waals surface area (Å²) in [6, 6.07) is 2.47. The normalized spacial score (nSPS) is 11.9. The monoisotopic (exact) mass is 435 g/mol. The zero-order valence-corrected chi connectivity index (χ0v) is 16.6. The smallest absolute Gasteiger partial charge is 0.354 e. The Morgan fingerprint density at radius 1 is 0.862 bits per heavy atom. The van der Waals surface area contributed by atoms with E-state index in [0.717, 1.165) is 31.2 Å². The highest BCUT2D eigenvalue weighted by Gasteiger charge is 2.22. The Labute approximate surface area is 165 Å². The van der Waals surface area contributed by atoms with Crippen molar-refractivity contribution < 1.29 is 26.7 Å². The third kappa shape index (κ3) is 4.25. The lowest BCUT2D eigenvalue weighted by atomic mass is 10.1. The average Bonchev–Trinajstić information content (AvgIpc) is 2.66. The van der Waals surface area contributed by atoms with Crippen LogP contribution in [-0.2, 0) is 19.7 Å². The van der Waals surface area contributed by atoms with Crippen molar-refractivity contribution in [2.24, 2.45) is 0 Å². The van der Waals surface area contributed by atoms with Gasteiger partial charge in [0.15, 0.2) is 29.7 Å². The molecule has 0 aliphatic heterocycles. The molecule has 0 aliphatic carbocycles. The van der Waals surface area contributed by atoms with E-state index in [2.05, 4.69) is 24.9 Å². The maximum atomic E-state index is 12.1. The highest BCUT2D eigenvalue weighted by molar-refractivity contribution is 7.91. The summed E-state index contributed by atoms with van der Waals surface area (Å²) in [5, 5.41) is 8.77. The molecule has 3 heterocycles. The molecule has 13 heteroatoms. The molecule has 0 radical (unpaired) electrons. The lowest BCUT2D eigenvalue weighted by Crippen LogP contribution is -2.08. The molecular weight excluding hydrogens is 422 g/mol. The number of hydrogen-bond donors (Lipinski definition) is 1. The van der Waals surface area contributed by atoms with E-state index in [9.17, 15) is 26.7 Å². The van der Waals surface area contributed by atoms with Gasteiger partial charge in [0.1, 0.15) is 18.3 Å². The van der Waals surface area contributed by atoms with Gasteiger partial charge in [0, 0.05) is 30.5 Å². The van der Waals surface area contributed by atoms with E-state index in [0.29, 0.717) is 0 Å². The maximum Gasteiger partial charge on any atom is 0.354 e. The van der Waals surface area contributed by atoms with Crippen LogP contribution >= 0.6 is 0 Å². The summed E-state index contributed by atoms with van der Waals surface area (Å²) in [6.45, 7) is 0. The van der Waals surface area contributed by atoms with Crippen molar-refractivity contribution in [3.8, 4) is 22.4 Å². The molecular formula is C16H13N5O6S2. The molecule has 0 aromatic carbocycles. The van der Waals surface area contributed by atoms with Crippen LogP contribution in [0.15, 0.2) is 47.2 Å². The first-order valence-corrected chi connectivity index (χ1v) is 11.5. The quantitative estimate of drug-likeness (QED) is 0.553. The standard InChI is InChI=1S/C16H13N5O6S2/c1-28(24,25)14-10(5-17-7-19-14)9-3-12(21-13(4-9)16(22)23)11-6-18-8-20-15(11)29(2,26)27/h3-8H,1-2H3,(H,22,23). The minimum atomic E-state index is -3.78. The van der Waals surface area contributed by atoms with Crippen molar-refractivity contribution in [3.05, 3.63) is 42.9 Å². The second-order valence-electron chi connectivity index (χ2n) is 5.96. The van der Waals surface area contributed by atoms with Crippen LogP contribution in [0.2, 0.25) is 0 Å². The van der Waals surface area contributed by atoms with Gasteiger partial charge in [-0.05, 0) is 17.7 Å². The minimum Gasteiger partial charge on any atom is -0.477 e. The molecule has 0 saturated carbocycles. The zero-order valence-electron chi connectivity index (χ0n) is 15.0. The van der Waals surface area contributed by atoms with Crippen molar-refractivity contribution >= 4 is 25.6 Å². The Hall–Kier alpha value is -3.32. The number of carbonyl (C=O) groups is 1. The Morgan fingerprint density at radius 2 is 1.38 bits per heavy atom. The van der Waals surface area contributed by atoms with Crippen molar-refractivity contribution in [1.82, 2.24) is 24.9 Å². The van der Waals surface area contributed by atoms with Gasteiger partial charge in [0.2, 0.25) is 0 Å². The van der Waals surface area contributed by atoms with Gasteiger partial charge in [-0.3, -0.25) is 0 Å². The maximum absolute atomic E-state index is 12.1. The van der Waals surface area contributed by atoms with Gasteiger partial charge >= 0.3 is 5.97 Å². The van der Waals surface area contributed by atoms with Gasteiger partial charge in [0.05, 0.1) is 11.3 Å². The number of sulfone groups is 2. The number of rotatable bonds is 5. The summed E-state index contributed by atoms with van der Waals surface area (Å²) in [4.78, 5) is 30.6. The van der Waals surface area contributed by atoms with E-state index in [1.807, 2.05) is 0 Å². The molecule has 0 fully saturated rings. The molecule has 3 aromatic rings.